The van der Waals surface area contributed by atoms with Crippen LogP contribution in [0.25, 0.3) is 21.5 Å². The molecule has 0 spiro atoms. The minimum atomic E-state index is -0.567. The molecule has 0 radical (unpaired) electrons. The fourth-order valence-corrected chi connectivity index (χ4v) is 5.02. The summed E-state index contributed by atoms with van der Waals surface area (Å²) < 4.78 is 17.8. The number of aliphatic hydroxyl groups excluding tert-OH is 1. The van der Waals surface area contributed by atoms with E-state index in [4.69, 9.17) is 14.0 Å². The van der Waals surface area contributed by atoms with Crippen LogP contribution < -0.4 is 14.4 Å². The van der Waals surface area contributed by atoms with Crippen molar-refractivity contribution < 1.29 is 19.1 Å². The average Bonchev–Trinajstić information content (AvgIpc) is 3.48. The Kier molecular flexibility index (Phi) is 6.48. The lowest BCUT2D eigenvalue weighted by atomic mass is 10.1. The summed E-state index contributed by atoms with van der Waals surface area (Å²) in [6.45, 7) is 4.37. The molecule has 8 heteroatoms. The van der Waals surface area contributed by atoms with Gasteiger partial charge in [-0.1, -0.05) is 29.4 Å². The first kappa shape index (κ1) is 21.8. The van der Waals surface area contributed by atoms with Crippen molar-refractivity contribution in [1.82, 2.24) is 10.1 Å². The van der Waals surface area contributed by atoms with Crippen molar-refractivity contribution in [3.8, 4) is 22.8 Å². The predicted octanol–water partition coefficient (Wildman–Crippen LogP) is 4.13. The summed E-state index contributed by atoms with van der Waals surface area (Å²) in [5.74, 6) is 1.60. The second kappa shape index (κ2) is 9.82. The first-order chi connectivity index (χ1) is 16.2. The Balaban J connectivity index is 1.13. The number of para-hydroxylation sites is 2. The molecule has 5 rings (SSSR count). The summed E-state index contributed by atoms with van der Waals surface area (Å²) in [7, 11) is 1.70. The van der Waals surface area contributed by atoms with Gasteiger partial charge in [-0.2, -0.15) is 0 Å². The van der Waals surface area contributed by atoms with E-state index in [0.29, 0.717) is 12.3 Å². The molecule has 0 saturated carbocycles. The van der Waals surface area contributed by atoms with Gasteiger partial charge < -0.3 is 24.0 Å². The summed E-state index contributed by atoms with van der Waals surface area (Å²) in [5, 5.41) is 16.8. The summed E-state index contributed by atoms with van der Waals surface area (Å²) in [4.78, 5) is 4.61. The zero-order chi connectivity index (χ0) is 22.6. The maximum absolute atomic E-state index is 10.6. The standard InChI is InChI=1S/C25H27N3O4S/c1-30-22-8-3-2-7-21(22)28-12-10-27(11-13-28)16-19(29)17-31-20-6-4-5-18(15-20)24-25-23(32-26-24)9-14-33-25/h2-9,14-15,19,29H,10-13,16-17H2,1H3. The van der Waals surface area contributed by atoms with Gasteiger partial charge in [0.25, 0.3) is 0 Å². The van der Waals surface area contributed by atoms with Crippen molar-refractivity contribution in [3.05, 3.63) is 60.0 Å². The van der Waals surface area contributed by atoms with Crippen LogP contribution in [-0.2, 0) is 0 Å². The van der Waals surface area contributed by atoms with E-state index in [1.165, 1.54) is 0 Å². The molecule has 33 heavy (non-hydrogen) atoms. The molecule has 0 aliphatic carbocycles. The molecule has 2 aromatic heterocycles. The van der Waals surface area contributed by atoms with E-state index in [1.807, 2.05) is 53.9 Å². The molecule has 1 aliphatic rings. The molecule has 4 aromatic rings. The van der Waals surface area contributed by atoms with Crippen LogP contribution in [-0.4, -0.2) is 67.7 Å². The van der Waals surface area contributed by atoms with Crippen LogP contribution >= 0.6 is 11.3 Å². The average molecular weight is 466 g/mol. The number of hydrogen-bond acceptors (Lipinski definition) is 8. The molecule has 1 saturated heterocycles. The van der Waals surface area contributed by atoms with Crippen molar-refractivity contribution in [3.63, 3.8) is 0 Å². The number of methoxy groups -OCH3 is 1. The van der Waals surface area contributed by atoms with Crippen LogP contribution in [0.1, 0.15) is 0 Å². The Morgan fingerprint density at radius 1 is 1.09 bits per heavy atom. The van der Waals surface area contributed by atoms with Gasteiger partial charge in [-0.25, -0.2) is 0 Å². The lowest BCUT2D eigenvalue weighted by molar-refractivity contribution is 0.0663. The van der Waals surface area contributed by atoms with Gasteiger partial charge in [0.2, 0.25) is 0 Å². The van der Waals surface area contributed by atoms with Crippen LogP contribution in [0.15, 0.2) is 64.5 Å². The SMILES string of the molecule is COc1ccccc1N1CCN(CC(O)COc2cccc(-c3noc4ccsc34)c2)CC1. The number of benzene rings is 2. The monoisotopic (exact) mass is 465 g/mol. The molecule has 1 unspecified atom stereocenters. The fourth-order valence-electron chi connectivity index (χ4n) is 4.20. The third-order valence-electron chi connectivity index (χ3n) is 5.90. The van der Waals surface area contributed by atoms with Gasteiger partial charge >= 0.3 is 0 Å². The molecule has 1 N–H and O–H groups in total. The first-order valence-corrected chi connectivity index (χ1v) is 11.9. The smallest absolute Gasteiger partial charge is 0.178 e. The number of anilines is 1. The van der Waals surface area contributed by atoms with Gasteiger partial charge in [0, 0.05) is 38.3 Å². The van der Waals surface area contributed by atoms with E-state index >= 15 is 0 Å². The van der Waals surface area contributed by atoms with Crippen LogP contribution in [0.5, 0.6) is 11.5 Å². The second-order valence-corrected chi connectivity index (χ2v) is 9.01. The summed E-state index contributed by atoms with van der Waals surface area (Å²) in [6.07, 6.45) is -0.567. The largest absolute Gasteiger partial charge is 0.495 e. The lowest BCUT2D eigenvalue weighted by Crippen LogP contribution is -2.49. The minimum absolute atomic E-state index is 0.239. The predicted molar refractivity (Wildman–Crippen MR) is 130 cm³/mol. The number of hydrogen-bond donors (Lipinski definition) is 1. The number of ether oxygens (including phenoxy) is 2. The van der Waals surface area contributed by atoms with Crippen LogP contribution in [0, 0.1) is 0 Å². The van der Waals surface area contributed by atoms with Crippen LogP contribution in [0.3, 0.4) is 0 Å². The summed E-state index contributed by atoms with van der Waals surface area (Å²) >= 11 is 1.61. The number of β-amino-alcohol motifs (C(OH)–C–C–N with tert-alkyl or cyclic N) is 1. The Bertz CT molecular complexity index is 1200. The quantitative estimate of drug-likeness (QED) is 0.420. The van der Waals surface area contributed by atoms with Gasteiger partial charge in [-0.15, -0.1) is 11.3 Å². The van der Waals surface area contributed by atoms with Crippen LogP contribution in [0.4, 0.5) is 5.69 Å². The molecule has 172 valence electrons. The van der Waals surface area contributed by atoms with E-state index in [-0.39, 0.29) is 6.61 Å². The van der Waals surface area contributed by atoms with Crippen LogP contribution in [0.2, 0.25) is 0 Å². The fraction of sp³-hybridized carbons (Fsp3) is 0.320. The number of fused-ring (bicyclic) bond motifs is 1. The number of nitrogens with zero attached hydrogens (tertiary/aromatic N) is 3. The van der Waals surface area contributed by atoms with Crippen molar-refractivity contribution in [2.75, 3.05) is 51.3 Å². The van der Waals surface area contributed by atoms with Crippen molar-refractivity contribution in [2.24, 2.45) is 0 Å². The van der Waals surface area contributed by atoms with E-state index in [9.17, 15) is 5.11 Å². The van der Waals surface area contributed by atoms with E-state index < -0.39 is 6.10 Å². The number of aliphatic hydroxyl groups is 1. The van der Waals surface area contributed by atoms with Gasteiger partial charge in [0.05, 0.1) is 12.8 Å². The van der Waals surface area contributed by atoms with E-state index in [2.05, 4.69) is 21.0 Å². The third-order valence-corrected chi connectivity index (χ3v) is 6.80. The van der Waals surface area contributed by atoms with Gasteiger partial charge in [0.1, 0.15) is 34.6 Å². The van der Waals surface area contributed by atoms with E-state index in [1.54, 1.807) is 18.4 Å². The molecular formula is C25H27N3O4S. The zero-order valence-corrected chi connectivity index (χ0v) is 19.3. The lowest BCUT2D eigenvalue weighted by Gasteiger charge is -2.37. The Hall–Kier alpha value is -3.07. The summed E-state index contributed by atoms with van der Waals surface area (Å²) in [6, 6.07) is 17.8. The van der Waals surface area contributed by atoms with Crippen molar-refractivity contribution in [1.29, 1.82) is 0 Å². The molecule has 7 nitrogen and oxygen atoms in total. The molecule has 0 amide bonds. The molecule has 1 atom stereocenters. The number of thiophene rings is 1. The third kappa shape index (κ3) is 4.83. The Morgan fingerprint density at radius 2 is 1.94 bits per heavy atom. The normalized spacial score (nSPS) is 15.6. The number of rotatable bonds is 8. The molecular weight excluding hydrogens is 438 g/mol. The first-order valence-electron chi connectivity index (χ1n) is 11.1. The Labute approximate surface area is 196 Å². The molecule has 1 aliphatic heterocycles. The maximum atomic E-state index is 10.6. The van der Waals surface area contributed by atoms with Crippen molar-refractivity contribution in [2.45, 2.75) is 6.10 Å². The summed E-state index contributed by atoms with van der Waals surface area (Å²) in [5.41, 5.74) is 3.67. The number of piperazine rings is 1. The zero-order valence-electron chi connectivity index (χ0n) is 18.5. The highest BCUT2D eigenvalue weighted by molar-refractivity contribution is 7.17. The second-order valence-electron chi connectivity index (χ2n) is 8.10. The highest BCUT2D eigenvalue weighted by Crippen LogP contribution is 2.33. The highest BCUT2D eigenvalue weighted by atomic mass is 32.1. The minimum Gasteiger partial charge on any atom is -0.495 e. The van der Waals surface area contributed by atoms with Gasteiger partial charge in [-0.05, 0) is 35.7 Å². The molecule has 0 bridgehead atoms. The topological polar surface area (TPSA) is 71.2 Å². The number of aromatic nitrogens is 1. The van der Waals surface area contributed by atoms with E-state index in [0.717, 1.165) is 59.2 Å². The van der Waals surface area contributed by atoms with Gasteiger partial charge in [-0.3, -0.25) is 4.90 Å². The maximum Gasteiger partial charge on any atom is 0.178 e. The molecule has 1 fully saturated rings. The van der Waals surface area contributed by atoms with Crippen molar-refractivity contribution >= 4 is 27.3 Å². The van der Waals surface area contributed by atoms with Gasteiger partial charge in [0.15, 0.2) is 5.58 Å². The molecule has 2 aromatic carbocycles. The molecule has 3 heterocycles. The Morgan fingerprint density at radius 3 is 2.79 bits per heavy atom. The highest BCUT2D eigenvalue weighted by Gasteiger charge is 2.21.